The highest BCUT2D eigenvalue weighted by atomic mass is 35.5. The van der Waals surface area contributed by atoms with Crippen molar-refractivity contribution in [2.45, 2.75) is 19.4 Å². The van der Waals surface area contributed by atoms with E-state index in [4.69, 9.17) is 11.6 Å². The van der Waals surface area contributed by atoms with E-state index in [0.717, 1.165) is 24.2 Å². The zero-order chi connectivity index (χ0) is 19.5. The molecule has 0 aliphatic carbocycles. The second-order valence-corrected chi connectivity index (χ2v) is 7.09. The van der Waals surface area contributed by atoms with Gasteiger partial charge in [-0.05, 0) is 48.4 Å². The van der Waals surface area contributed by atoms with Crippen LogP contribution in [0.1, 0.15) is 28.8 Å². The Morgan fingerprint density at radius 1 is 1.07 bits per heavy atom. The molecule has 1 saturated heterocycles. The number of carbonyl (C=O) groups is 2. The molecule has 7 heteroatoms. The SMILES string of the molecule is O=C(Nc1ccnn1Cc1ccc(Cl)cc1)c1ccc(N2CCCC2=O)cc1. The summed E-state index contributed by atoms with van der Waals surface area (Å²) < 4.78 is 1.72. The van der Waals surface area contributed by atoms with Crippen LogP contribution >= 0.6 is 11.6 Å². The standard InChI is InChI=1S/C21H19ClN4O2/c22-17-7-3-15(4-8-17)14-26-19(11-12-23-26)24-21(28)16-5-9-18(10-6-16)25-13-1-2-20(25)27/h3-12H,1-2,13-14H2,(H,24,28). The lowest BCUT2D eigenvalue weighted by Crippen LogP contribution is -2.23. The maximum absolute atomic E-state index is 12.6. The molecule has 0 atom stereocenters. The smallest absolute Gasteiger partial charge is 0.256 e. The van der Waals surface area contributed by atoms with Crippen LogP contribution in [0.5, 0.6) is 0 Å². The molecule has 142 valence electrons. The number of carbonyl (C=O) groups excluding carboxylic acids is 2. The molecule has 28 heavy (non-hydrogen) atoms. The third-order valence-electron chi connectivity index (χ3n) is 4.72. The van der Waals surface area contributed by atoms with Crippen LogP contribution in [0.2, 0.25) is 5.02 Å². The lowest BCUT2D eigenvalue weighted by atomic mass is 10.2. The van der Waals surface area contributed by atoms with E-state index >= 15 is 0 Å². The first-order valence-corrected chi connectivity index (χ1v) is 9.46. The second-order valence-electron chi connectivity index (χ2n) is 6.65. The summed E-state index contributed by atoms with van der Waals surface area (Å²) in [6.45, 7) is 1.25. The fraction of sp³-hybridized carbons (Fsp3) is 0.190. The largest absolute Gasteiger partial charge is 0.312 e. The molecule has 1 aliphatic heterocycles. The summed E-state index contributed by atoms with van der Waals surface area (Å²) in [6.07, 6.45) is 3.10. The summed E-state index contributed by atoms with van der Waals surface area (Å²) in [5.41, 5.74) is 2.38. The zero-order valence-corrected chi connectivity index (χ0v) is 15.9. The van der Waals surface area contributed by atoms with Crippen LogP contribution in [0.25, 0.3) is 0 Å². The molecule has 1 fully saturated rings. The molecule has 0 radical (unpaired) electrons. The number of anilines is 2. The molecular formula is C21H19ClN4O2. The number of nitrogens with zero attached hydrogens (tertiary/aromatic N) is 3. The lowest BCUT2D eigenvalue weighted by Gasteiger charge is -2.16. The van der Waals surface area contributed by atoms with Crippen LogP contribution in [0.3, 0.4) is 0 Å². The molecule has 2 heterocycles. The first-order chi connectivity index (χ1) is 13.6. The van der Waals surface area contributed by atoms with Crippen LogP contribution in [-0.4, -0.2) is 28.1 Å². The average molecular weight is 395 g/mol. The van der Waals surface area contributed by atoms with Crippen molar-refractivity contribution < 1.29 is 9.59 Å². The first kappa shape index (κ1) is 18.3. The topological polar surface area (TPSA) is 67.2 Å². The molecule has 6 nitrogen and oxygen atoms in total. The van der Waals surface area contributed by atoms with E-state index in [2.05, 4.69) is 10.4 Å². The predicted molar refractivity (Wildman–Crippen MR) is 109 cm³/mol. The molecule has 1 aliphatic rings. The Morgan fingerprint density at radius 2 is 1.82 bits per heavy atom. The maximum atomic E-state index is 12.6. The minimum atomic E-state index is -0.225. The number of nitrogens with one attached hydrogen (secondary N) is 1. The third kappa shape index (κ3) is 3.92. The van der Waals surface area contributed by atoms with Crippen molar-refractivity contribution in [1.82, 2.24) is 9.78 Å². The van der Waals surface area contributed by atoms with Gasteiger partial charge in [0.15, 0.2) is 0 Å². The molecule has 0 unspecified atom stereocenters. The van der Waals surface area contributed by atoms with E-state index in [-0.39, 0.29) is 11.8 Å². The molecular weight excluding hydrogens is 376 g/mol. The van der Waals surface area contributed by atoms with Crippen molar-refractivity contribution >= 4 is 34.9 Å². The highest BCUT2D eigenvalue weighted by molar-refractivity contribution is 6.30. The van der Waals surface area contributed by atoms with Crippen molar-refractivity contribution in [3.8, 4) is 0 Å². The Morgan fingerprint density at radius 3 is 2.50 bits per heavy atom. The summed E-state index contributed by atoms with van der Waals surface area (Å²) in [4.78, 5) is 26.2. The number of halogens is 1. The van der Waals surface area contributed by atoms with Gasteiger partial charge in [-0.3, -0.25) is 9.59 Å². The first-order valence-electron chi connectivity index (χ1n) is 9.08. The molecule has 2 amide bonds. The quantitative estimate of drug-likeness (QED) is 0.712. The minimum absolute atomic E-state index is 0.128. The fourth-order valence-corrected chi connectivity index (χ4v) is 3.36. The van der Waals surface area contributed by atoms with E-state index in [1.165, 1.54) is 0 Å². The van der Waals surface area contributed by atoms with Gasteiger partial charge in [0.2, 0.25) is 5.91 Å². The van der Waals surface area contributed by atoms with Gasteiger partial charge in [-0.25, -0.2) is 4.68 Å². The Bertz CT molecular complexity index is 996. The van der Waals surface area contributed by atoms with Gasteiger partial charge in [0.25, 0.3) is 5.91 Å². The third-order valence-corrected chi connectivity index (χ3v) is 4.97. The number of hydrogen-bond acceptors (Lipinski definition) is 3. The van der Waals surface area contributed by atoms with E-state index in [1.54, 1.807) is 34.0 Å². The maximum Gasteiger partial charge on any atom is 0.256 e. The number of benzene rings is 2. The highest BCUT2D eigenvalue weighted by Gasteiger charge is 2.21. The van der Waals surface area contributed by atoms with Crippen molar-refractivity contribution in [1.29, 1.82) is 0 Å². The van der Waals surface area contributed by atoms with E-state index in [9.17, 15) is 9.59 Å². The normalized spacial score (nSPS) is 13.8. The Kier molecular flexibility index (Phi) is 5.12. The summed E-state index contributed by atoms with van der Waals surface area (Å²) in [5.74, 6) is 0.513. The zero-order valence-electron chi connectivity index (χ0n) is 15.1. The average Bonchev–Trinajstić information content (AvgIpc) is 3.32. The molecule has 1 aromatic heterocycles. The van der Waals surface area contributed by atoms with E-state index in [0.29, 0.717) is 29.4 Å². The monoisotopic (exact) mass is 394 g/mol. The van der Waals surface area contributed by atoms with Crippen LogP contribution in [-0.2, 0) is 11.3 Å². The van der Waals surface area contributed by atoms with Gasteiger partial charge < -0.3 is 10.2 Å². The Labute approximate surface area is 167 Å². The Hall–Kier alpha value is -3.12. The van der Waals surface area contributed by atoms with Gasteiger partial charge in [0, 0.05) is 35.3 Å². The van der Waals surface area contributed by atoms with Gasteiger partial charge in [-0.2, -0.15) is 5.10 Å². The van der Waals surface area contributed by atoms with E-state index < -0.39 is 0 Å². The van der Waals surface area contributed by atoms with Gasteiger partial charge in [0.1, 0.15) is 5.82 Å². The summed E-state index contributed by atoms with van der Waals surface area (Å²) in [6, 6.07) is 16.3. The number of amides is 2. The van der Waals surface area contributed by atoms with Gasteiger partial charge >= 0.3 is 0 Å². The van der Waals surface area contributed by atoms with Gasteiger partial charge in [-0.15, -0.1) is 0 Å². The minimum Gasteiger partial charge on any atom is -0.312 e. The molecule has 3 aromatic rings. The molecule has 0 spiro atoms. The van der Waals surface area contributed by atoms with Crippen molar-refractivity contribution in [3.63, 3.8) is 0 Å². The Balaban J connectivity index is 1.45. The molecule has 0 saturated carbocycles. The number of hydrogen-bond donors (Lipinski definition) is 1. The second kappa shape index (κ2) is 7.86. The van der Waals surface area contributed by atoms with Crippen LogP contribution in [0.15, 0.2) is 60.8 Å². The van der Waals surface area contributed by atoms with E-state index in [1.807, 2.05) is 36.4 Å². The predicted octanol–water partition coefficient (Wildman–Crippen LogP) is 3.96. The van der Waals surface area contributed by atoms with Crippen LogP contribution < -0.4 is 10.2 Å². The number of aromatic nitrogens is 2. The summed E-state index contributed by atoms with van der Waals surface area (Å²) in [7, 11) is 0. The van der Waals surface area contributed by atoms with Gasteiger partial charge in [-0.1, -0.05) is 23.7 Å². The van der Waals surface area contributed by atoms with Gasteiger partial charge in [0.05, 0.1) is 12.7 Å². The molecule has 1 N–H and O–H groups in total. The van der Waals surface area contributed by atoms with Crippen LogP contribution in [0, 0.1) is 0 Å². The highest BCUT2D eigenvalue weighted by Crippen LogP contribution is 2.22. The number of rotatable bonds is 5. The molecule has 0 bridgehead atoms. The fourth-order valence-electron chi connectivity index (χ4n) is 3.23. The molecule has 4 rings (SSSR count). The van der Waals surface area contributed by atoms with Crippen molar-refractivity contribution in [3.05, 3.63) is 76.9 Å². The van der Waals surface area contributed by atoms with Crippen molar-refractivity contribution in [2.75, 3.05) is 16.8 Å². The summed E-state index contributed by atoms with van der Waals surface area (Å²) >= 11 is 5.92. The molecule has 2 aromatic carbocycles. The lowest BCUT2D eigenvalue weighted by molar-refractivity contribution is -0.117. The van der Waals surface area contributed by atoms with Crippen molar-refractivity contribution in [2.24, 2.45) is 0 Å². The summed E-state index contributed by atoms with van der Waals surface area (Å²) in [5, 5.41) is 7.85. The van der Waals surface area contributed by atoms with Crippen LogP contribution in [0.4, 0.5) is 11.5 Å².